The van der Waals surface area contributed by atoms with Gasteiger partial charge < -0.3 is 10.0 Å². The first kappa shape index (κ1) is 17.4. The van der Waals surface area contributed by atoms with Gasteiger partial charge in [0.15, 0.2) is 0 Å². The molecule has 138 valence electrons. The van der Waals surface area contributed by atoms with Crippen molar-refractivity contribution in [2.75, 3.05) is 37.7 Å². The monoisotopic (exact) mass is 372 g/mol. The van der Waals surface area contributed by atoms with E-state index in [1.807, 2.05) is 16.7 Å². The number of carbonyl (C=O) groups is 1. The van der Waals surface area contributed by atoms with Crippen molar-refractivity contribution in [3.63, 3.8) is 0 Å². The van der Waals surface area contributed by atoms with Gasteiger partial charge in [0.05, 0.1) is 5.69 Å². The van der Waals surface area contributed by atoms with Crippen LogP contribution >= 0.6 is 11.8 Å². The van der Waals surface area contributed by atoms with E-state index in [0.29, 0.717) is 17.4 Å². The average molecular weight is 372 g/mol. The number of benzene rings is 1. The Hall–Kier alpha value is -1.99. The SMILES string of the molecule is O=C(c1cc(-c2ccc(O)cc2)n[nH]1)N1CCC(N2CCSCC2)CC1. The highest BCUT2D eigenvalue weighted by atomic mass is 32.2. The van der Waals surface area contributed by atoms with Gasteiger partial charge in [0.25, 0.3) is 5.91 Å². The number of aromatic hydroxyl groups is 1. The van der Waals surface area contributed by atoms with Crippen LogP contribution in [0, 0.1) is 0 Å². The zero-order chi connectivity index (χ0) is 17.9. The number of H-pyrrole nitrogens is 1. The summed E-state index contributed by atoms with van der Waals surface area (Å²) < 4.78 is 0. The molecule has 4 rings (SSSR count). The number of phenolic OH excluding ortho intramolecular Hbond substituents is 1. The number of hydrogen-bond acceptors (Lipinski definition) is 5. The molecule has 0 atom stereocenters. The molecule has 0 spiro atoms. The molecule has 1 amide bonds. The Morgan fingerprint density at radius 1 is 1.12 bits per heavy atom. The summed E-state index contributed by atoms with van der Waals surface area (Å²) in [6.07, 6.45) is 2.10. The Morgan fingerprint density at radius 2 is 1.81 bits per heavy atom. The molecule has 2 N–H and O–H groups in total. The Bertz CT molecular complexity index is 747. The molecule has 2 aliphatic heterocycles. The van der Waals surface area contributed by atoms with Gasteiger partial charge in [-0.2, -0.15) is 16.9 Å². The second kappa shape index (κ2) is 7.72. The molecule has 0 saturated carbocycles. The normalized spacial score (nSPS) is 19.6. The molecule has 1 aromatic heterocycles. The molecule has 1 aromatic carbocycles. The number of nitrogens with one attached hydrogen (secondary N) is 1. The molecular weight excluding hydrogens is 348 g/mol. The van der Waals surface area contributed by atoms with Gasteiger partial charge in [-0.1, -0.05) is 0 Å². The minimum atomic E-state index is 0.0233. The third-order valence-corrected chi connectivity index (χ3v) is 6.23. The van der Waals surface area contributed by atoms with E-state index in [9.17, 15) is 9.90 Å². The fourth-order valence-electron chi connectivity index (χ4n) is 3.76. The highest BCUT2D eigenvalue weighted by Crippen LogP contribution is 2.23. The molecule has 0 unspecified atom stereocenters. The van der Waals surface area contributed by atoms with Crippen LogP contribution < -0.4 is 0 Å². The molecular formula is C19H24N4O2S. The molecule has 2 fully saturated rings. The topological polar surface area (TPSA) is 72.5 Å². The van der Waals surface area contributed by atoms with E-state index >= 15 is 0 Å². The molecule has 3 heterocycles. The first-order chi connectivity index (χ1) is 12.7. The molecule has 26 heavy (non-hydrogen) atoms. The average Bonchev–Trinajstić information content (AvgIpc) is 3.19. The number of likely N-dealkylation sites (tertiary alicyclic amines) is 1. The highest BCUT2D eigenvalue weighted by Gasteiger charge is 2.28. The van der Waals surface area contributed by atoms with Crippen LogP contribution in [0.2, 0.25) is 0 Å². The molecule has 7 heteroatoms. The van der Waals surface area contributed by atoms with E-state index in [4.69, 9.17) is 0 Å². The minimum absolute atomic E-state index is 0.0233. The first-order valence-corrected chi connectivity index (χ1v) is 10.3. The van der Waals surface area contributed by atoms with Crippen LogP contribution in [0.1, 0.15) is 23.3 Å². The molecule has 0 radical (unpaired) electrons. The number of amides is 1. The van der Waals surface area contributed by atoms with Gasteiger partial charge in [0, 0.05) is 49.3 Å². The van der Waals surface area contributed by atoms with Crippen molar-refractivity contribution in [1.29, 1.82) is 0 Å². The van der Waals surface area contributed by atoms with Crippen molar-refractivity contribution in [3.8, 4) is 17.0 Å². The third kappa shape index (κ3) is 3.73. The predicted molar refractivity (Wildman–Crippen MR) is 104 cm³/mol. The summed E-state index contributed by atoms with van der Waals surface area (Å²) in [6, 6.07) is 9.24. The summed E-state index contributed by atoms with van der Waals surface area (Å²) in [5, 5.41) is 16.5. The lowest BCUT2D eigenvalue weighted by atomic mass is 10.0. The van der Waals surface area contributed by atoms with Crippen LogP contribution in [0.5, 0.6) is 5.75 Å². The lowest BCUT2D eigenvalue weighted by Crippen LogP contribution is -2.49. The van der Waals surface area contributed by atoms with E-state index < -0.39 is 0 Å². The van der Waals surface area contributed by atoms with Gasteiger partial charge in [-0.15, -0.1) is 0 Å². The number of aromatic amines is 1. The molecule has 0 aliphatic carbocycles. The number of piperidine rings is 1. The van der Waals surface area contributed by atoms with Gasteiger partial charge in [-0.25, -0.2) is 0 Å². The Morgan fingerprint density at radius 3 is 2.50 bits per heavy atom. The van der Waals surface area contributed by atoms with Crippen LogP contribution in [0.25, 0.3) is 11.3 Å². The second-order valence-corrected chi connectivity index (χ2v) is 8.11. The number of rotatable bonds is 3. The van der Waals surface area contributed by atoms with Crippen LogP contribution in [0.15, 0.2) is 30.3 Å². The molecule has 0 bridgehead atoms. The molecule has 2 saturated heterocycles. The number of phenols is 1. The number of aromatic nitrogens is 2. The number of thioether (sulfide) groups is 1. The van der Waals surface area contributed by atoms with E-state index in [1.54, 1.807) is 30.3 Å². The Kier molecular flexibility index (Phi) is 5.17. The van der Waals surface area contributed by atoms with Crippen molar-refractivity contribution in [3.05, 3.63) is 36.0 Å². The zero-order valence-corrected chi connectivity index (χ0v) is 15.5. The van der Waals surface area contributed by atoms with Gasteiger partial charge in [0.1, 0.15) is 11.4 Å². The zero-order valence-electron chi connectivity index (χ0n) is 14.7. The van der Waals surface area contributed by atoms with Gasteiger partial charge >= 0.3 is 0 Å². The van der Waals surface area contributed by atoms with Crippen molar-refractivity contribution in [2.45, 2.75) is 18.9 Å². The first-order valence-electron chi connectivity index (χ1n) is 9.16. The minimum Gasteiger partial charge on any atom is -0.508 e. The van der Waals surface area contributed by atoms with Crippen molar-refractivity contribution in [1.82, 2.24) is 20.0 Å². The fourth-order valence-corrected chi connectivity index (χ4v) is 4.69. The smallest absolute Gasteiger partial charge is 0.271 e. The highest BCUT2D eigenvalue weighted by molar-refractivity contribution is 7.99. The fraction of sp³-hybridized carbons (Fsp3) is 0.474. The van der Waals surface area contributed by atoms with E-state index in [1.165, 1.54) is 24.6 Å². The van der Waals surface area contributed by atoms with Gasteiger partial charge in [-0.05, 0) is 43.2 Å². The maximum Gasteiger partial charge on any atom is 0.271 e. The van der Waals surface area contributed by atoms with Crippen LogP contribution in [-0.4, -0.2) is 74.7 Å². The maximum absolute atomic E-state index is 12.8. The standard InChI is InChI=1S/C19H24N4O2S/c24-16-3-1-14(2-4-16)17-13-18(21-20-17)19(25)23-7-5-15(6-8-23)22-9-11-26-12-10-22/h1-4,13,15,24H,5-12H2,(H,20,21). The van der Waals surface area contributed by atoms with Crippen molar-refractivity contribution >= 4 is 17.7 Å². The molecule has 6 nitrogen and oxygen atoms in total. The number of hydrogen-bond donors (Lipinski definition) is 2. The second-order valence-electron chi connectivity index (χ2n) is 6.89. The third-order valence-electron chi connectivity index (χ3n) is 5.29. The van der Waals surface area contributed by atoms with Gasteiger partial charge in [0.2, 0.25) is 0 Å². The van der Waals surface area contributed by atoms with Crippen LogP contribution in [-0.2, 0) is 0 Å². The van der Waals surface area contributed by atoms with E-state index in [2.05, 4.69) is 15.1 Å². The summed E-state index contributed by atoms with van der Waals surface area (Å²) in [6.45, 7) is 3.97. The molecule has 2 aliphatic rings. The van der Waals surface area contributed by atoms with Crippen molar-refractivity contribution in [2.24, 2.45) is 0 Å². The van der Waals surface area contributed by atoms with E-state index in [0.717, 1.165) is 31.5 Å². The Labute approximate surface area is 157 Å². The molecule has 2 aromatic rings. The lowest BCUT2D eigenvalue weighted by Gasteiger charge is -2.39. The van der Waals surface area contributed by atoms with Crippen LogP contribution in [0.3, 0.4) is 0 Å². The largest absolute Gasteiger partial charge is 0.508 e. The number of nitrogens with zero attached hydrogens (tertiary/aromatic N) is 3. The van der Waals surface area contributed by atoms with Crippen molar-refractivity contribution < 1.29 is 9.90 Å². The quantitative estimate of drug-likeness (QED) is 0.866. The van der Waals surface area contributed by atoms with Gasteiger partial charge in [-0.3, -0.25) is 14.8 Å². The predicted octanol–water partition coefficient (Wildman–Crippen LogP) is 2.44. The van der Waals surface area contributed by atoms with Crippen LogP contribution in [0.4, 0.5) is 0 Å². The lowest BCUT2D eigenvalue weighted by molar-refractivity contribution is 0.0625. The summed E-state index contributed by atoms with van der Waals surface area (Å²) in [5.74, 6) is 2.70. The summed E-state index contributed by atoms with van der Waals surface area (Å²) in [5.41, 5.74) is 2.12. The summed E-state index contributed by atoms with van der Waals surface area (Å²) >= 11 is 2.04. The summed E-state index contributed by atoms with van der Waals surface area (Å²) in [4.78, 5) is 17.3. The Balaban J connectivity index is 1.37. The van der Waals surface area contributed by atoms with E-state index in [-0.39, 0.29) is 11.7 Å². The maximum atomic E-state index is 12.8. The summed E-state index contributed by atoms with van der Waals surface area (Å²) in [7, 11) is 0. The number of carbonyl (C=O) groups excluding carboxylic acids is 1.